The van der Waals surface area contributed by atoms with Crippen molar-refractivity contribution < 1.29 is 9.13 Å². The number of pyridine rings is 1. The number of rotatable bonds is 3. The lowest BCUT2D eigenvalue weighted by Gasteiger charge is -2.23. The Morgan fingerprint density at radius 3 is 2.79 bits per heavy atom. The quantitative estimate of drug-likeness (QED) is 0.725. The maximum Gasteiger partial charge on any atom is 0.167 e. The number of nitrogens with two attached hydrogens (primary N) is 1. The molecule has 0 amide bonds. The summed E-state index contributed by atoms with van der Waals surface area (Å²) in [5.41, 5.74) is 7.95. The number of hydrogen-bond donors (Lipinski definition) is 2. The highest BCUT2D eigenvalue weighted by molar-refractivity contribution is 5.61. The Hall–Kier alpha value is -2.60. The molecule has 3 aromatic rings. The molecule has 1 aliphatic heterocycles. The lowest BCUT2D eigenvalue weighted by molar-refractivity contribution is 0.437. The molecule has 124 valence electrons. The van der Waals surface area contributed by atoms with Gasteiger partial charge in [0, 0.05) is 18.0 Å². The van der Waals surface area contributed by atoms with E-state index in [2.05, 4.69) is 10.4 Å². The zero-order valence-corrected chi connectivity index (χ0v) is 13.2. The molecule has 0 spiro atoms. The monoisotopic (exact) mass is 326 g/mol. The second-order valence-electron chi connectivity index (χ2n) is 6.11. The maximum atomic E-state index is 14.1. The predicted octanol–water partition coefficient (Wildman–Crippen LogP) is 3.31. The number of anilines is 1. The van der Waals surface area contributed by atoms with Gasteiger partial charge in [-0.3, -0.25) is 0 Å². The minimum Gasteiger partial charge on any atom is -0.452 e. The normalized spacial score (nSPS) is 15.7. The molecule has 0 aliphatic carbocycles. The summed E-state index contributed by atoms with van der Waals surface area (Å²) >= 11 is 0. The van der Waals surface area contributed by atoms with E-state index in [1.807, 2.05) is 18.3 Å². The van der Waals surface area contributed by atoms with Crippen molar-refractivity contribution in [3.63, 3.8) is 0 Å². The van der Waals surface area contributed by atoms with E-state index in [4.69, 9.17) is 10.5 Å². The molecular formula is C18H19FN4O. The number of nitrogen functional groups attached to an aromatic ring is 1. The molecule has 6 heteroatoms. The van der Waals surface area contributed by atoms with Gasteiger partial charge in [-0.15, -0.1) is 0 Å². The van der Waals surface area contributed by atoms with Crippen LogP contribution in [0.15, 0.2) is 42.7 Å². The molecule has 1 aromatic carbocycles. The third kappa shape index (κ3) is 2.80. The molecule has 0 saturated carbocycles. The number of hydrogen-bond acceptors (Lipinski definition) is 4. The molecule has 4 rings (SSSR count). The Kier molecular flexibility index (Phi) is 3.82. The van der Waals surface area contributed by atoms with Crippen molar-refractivity contribution in [3.8, 4) is 11.5 Å². The van der Waals surface area contributed by atoms with Gasteiger partial charge in [-0.2, -0.15) is 5.10 Å². The maximum absolute atomic E-state index is 14.1. The van der Waals surface area contributed by atoms with Crippen molar-refractivity contribution in [1.82, 2.24) is 14.9 Å². The number of nitrogens with one attached hydrogen (secondary N) is 1. The van der Waals surface area contributed by atoms with Crippen molar-refractivity contribution in [2.75, 3.05) is 18.8 Å². The van der Waals surface area contributed by atoms with Crippen molar-refractivity contribution in [1.29, 1.82) is 0 Å². The fourth-order valence-corrected chi connectivity index (χ4v) is 3.19. The van der Waals surface area contributed by atoms with Gasteiger partial charge in [-0.25, -0.2) is 8.91 Å². The van der Waals surface area contributed by atoms with E-state index in [0.29, 0.717) is 17.4 Å². The van der Waals surface area contributed by atoms with E-state index < -0.39 is 5.82 Å². The van der Waals surface area contributed by atoms with Gasteiger partial charge < -0.3 is 15.8 Å². The van der Waals surface area contributed by atoms with E-state index >= 15 is 0 Å². The second-order valence-corrected chi connectivity index (χ2v) is 6.11. The minimum absolute atomic E-state index is 0.162. The molecule has 0 unspecified atom stereocenters. The van der Waals surface area contributed by atoms with Crippen LogP contribution in [0.5, 0.6) is 11.5 Å². The van der Waals surface area contributed by atoms with Crippen molar-refractivity contribution in [2.45, 2.75) is 18.8 Å². The number of piperidine rings is 1. The molecule has 1 saturated heterocycles. The van der Waals surface area contributed by atoms with Crippen molar-refractivity contribution in [3.05, 3.63) is 54.1 Å². The van der Waals surface area contributed by atoms with Crippen LogP contribution in [0.3, 0.4) is 0 Å². The van der Waals surface area contributed by atoms with Crippen LogP contribution >= 0.6 is 0 Å². The summed E-state index contributed by atoms with van der Waals surface area (Å²) in [6.45, 7) is 2.01. The zero-order valence-electron chi connectivity index (χ0n) is 13.2. The number of halogens is 1. The molecule has 24 heavy (non-hydrogen) atoms. The average molecular weight is 326 g/mol. The lowest BCUT2D eigenvalue weighted by atomic mass is 9.91. The Morgan fingerprint density at radius 1 is 1.17 bits per heavy atom. The summed E-state index contributed by atoms with van der Waals surface area (Å²) < 4.78 is 21.7. The largest absolute Gasteiger partial charge is 0.452 e. The Morgan fingerprint density at radius 2 is 2.00 bits per heavy atom. The molecule has 1 aliphatic rings. The highest BCUT2D eigenvalue weighted by Gasteiger charge is 2.18. The van der Waals surface area contributed by atoms with Crippen molar-refractivity contribution in [2.24, 2.45) is 0 Å². The smallest absolute Gasteiger partial charge is 0.167 e. The molecule has 0 bridgehead atoms. The highest BCUT2D eigenvalue weighted by atomic mass is 19.1. The molecule has 2 aromatic heterocycles. The number of aromatic nitrogens is 2. The van der Waals surface area contributed by atoms with E-state index in [1.54, 1.807) is 22.8 Å². The van der Waals surface area contributed by atoms with Crippen molar-refractivity contribution >= 4 is 11.2 Å². The topological polar surface area (TPSA) is 64.6 Å². The number of benzene rings is 1. The molecule has 5 nitrogen and oxygen atoms in total. The minimum atomic E-state index is -0.472. The van der Waals surface area contributed by atoms with Crippen LogP contribution in [0.4, 0.5) is 10.1 Å². The highest BCUT2D eigenvalue weighted by Crippen LogP contribution is 2.34. The van der Waals surface area contributed by atoms with E-state index in [0.717, 1.165) is 31.4 Å². The summed E-state index contributed by atoms with van der Waals surface area (Å²) in [6.07, 6.45) is 5.90. The third-order valence-corrected chi connectivity index (χ3v) is 4.48. The molecular weight excluding hydrogens is 307 g/mol. The van der Waals surface area contributed by atoms with E-state index in [1.165, 1.54) is 11.6 Å². The SMILES string of the molecule is Nc1ccc(Oc2cc(C3CCNCC3)cn3nccc23)c(F)c1. The van der Waals surface area contributed by atoms with Gasteiger partial charge in [0.2, 0.25) is 0 Å². The van der Waals surface area contributed by atoms with Crippen LogP contribution in [0.2, 0.25) is 0 Å². The van der Waals surface area contributed by atoms with Crippen LogP contribution in [-0.2, 0) is 0 Å². The summed E-state index contributed by atoms with van der Waals surface area (Å²) in [5.74, 6) is 0.750. The van der Waals surface area contributed by atoms with Gasteiger partial charge in [-0.05, 0) is 61.7 Å². The van der Waals surface area contributed by atoms with Gasteiger partial charge in [-0.1, -0.05) is 0 Å². The zero-order chi connectivity index (χ0) is 16.5. The first kappa shape index (κ1) is 15.0. The van der Waals surface area contributed by atoms with Crippen LogP contribution in [0, 0.1) is 5.82 Å². The average Bonchev–Trinajstić information content (AvgIpc) is 3.07. The van der Waals surface area contributed by atoms with Gasteiger partial charge >= 0.3 is 0 Å². The Balaban J connectivity index is 1.74. The lowest BCUT2D eigenvalue weighted by Crippen LogP contribution is -2.26. The Labute approximate surface area is 139 Å². The molecule has 0 atom stereocenters. The first-order valence-corrected chi connectivity index (χ1v) is 8.11. The second kappa shape index (κ2) is 6.13. The Bertz CT molecular complexity index is 871. The molecule has 3 heterocycles. The summed E-state index contributed by atoms with van der Waals surface area (Å²) in [7, 11) is 0. The predicted molar refractivity (Wildman–Crippen MR) is 90.9 cm³/mol. The first-order chi connectivity index (χ1) is 11.7. The summed E-state index contributed by atoms with van der Waals surface area (Å²) in [5, 5.41) is 7.69. The number of nitrogens with zero attached hydrogens (tertiary/aromatic N) is 2. The van der Waals surface area contributed by atoms with E-state index in [-0.39, 0.29) is 5.75 Å². The molecule has 0 radical (unpaired) electrons. The van der Waals surface area contributed by atoms with Crippen LogP contribution in [-0.4, -0.2) is 22.7 Å². The van der Waals surface area contributed by atoms with Gasteiger partial charge in [0.1, 0.15) is 5.52 Å². The standard InChI is InChI=1S/C18H19FN4O/c19-15-10-14(20)1-2-17(15)24-18-9-13(12-3-6-21-7-4-12)11-23-16(18)5-8-22-23/h1-2,5,8-12,21H,3-4,6-7,20H2. The molecule has 1 fully saturated rings. The first-order valence-electron chi connectivity index (χ1n) is 8.11. The number of ether oxygens (including phenoxy) is 1. The molecule has 3 N–H and O–H groups in total. The van der Waals surface area contributed by atoms with Gasteiger partial charge in [0.15, 0.2) is 17.3 Å². The summed E-state index contributed by atoms with van der Waals surface area (Å²) in [6, 6.07) is 8.30. The van der Waals surface area contributed by atoms with Gasteiger partial charge in [0.25, 0.3) is 0 Å². The summed E-state index contributed by atoms with van der Waals surface area (Å²) in [4.78, 5) is 0. The van der Waals surface area contributed by atoms with Crippen LogP contribution in [0.1, 0.15) is 24.3 Å². The number of fused-ring (bicyclic) bond motifs is 1. The third-order valence-electron chi connectivity index (χ3n) is 4.48. The fourth-order valence-electron chi connectivity index (χ4n) is 3.19. The van der Waals surface area contributed by atoms with Gasteiger partial charge in [0.05, 0.1) is 6.20 Å². The van der Waals surface area contributed by atoms with E-state index in [9.17, 15) is 4.39 Å². The van der Waals surface area contributed by atoms with Crippen LogP contribution < -0.4 is 15.8 Å². The van der Waals surface area contributed by atoms with Crippen LogP contribution in [0.25, 0.3) is 5.52 Å². The fraction of sp³-hybridized carbons (Fsp3) is 0.278.